The van der Waals surface area contributed by atoms with Gasteiger partial charge in [-0.25, -0.2) is 0 Å². The maximum Gasteiger partial charge on any atom is 0.141 e. The molecule has 0 bridgehead atoms. The van der Waals surface area contributed by atoms with Crippen LogP contribution in [0.25, 0.3) is 11.0 Å². The first-order valence-electron chi connectivity index (χ1n) is 4.45. The highest BCUT2D eigenvalue weighted by molar-refractivity contribution is 5.84. The van der Waals surface area contributed by atoms with Gasteiger partial charge < -0.3 is 14.5 Å². The van der Waals surface area contributed by atoms with E-state index in [1.165, 1.54) is 0 Å². The molecular weight excluding hydrogens is 178 g/mol. The van der Waals surface area contributed by atoms with Crippen molar-refractivity contribution in [1.29, 1.82) is 0 Å². The number of para-hydroxylation sites is 1. The SMILES string of the molecule is CNC(C=O)c1coc2ccccc12. The number of fused-ring (bicyclic) bond motifs is 1. The molecule has 72 valence electrons. The topological polar surface area (TPSA) is 42.2 Å². The molecule has 1 unspecified atom stereocenters. The average molecular weight is 189 g/mol. The van der Waals surface area contributed by atoms with Crippen molar-refractivity contribution in [3.8, 4) is 0 Å². The molecule has 0 saturated heterocycles. The lowest BCUT2D eigenvalue weighted by Gasteiger charge is -2.05. The predicted octanol–water partition coefficient (Wildman–Crippen LogP) is 1.89. The number of nitrogens with one attached hydrogen (secondary N) is 1. The number of benzene rings is 1. The maximum atomic E-state index is 10.8. The highest BCUT2D eigenvalue weighted by atomic mass is 16.3. The summed E-state index contributed by atoms with van der Waals surface area (Å²) in [4.78, 5) is 10.8. The van der Waals surface area contributed by atoms with E-state index >= 15 is 0 Å². The third kappa shape index (κ3) is 1.32. The van der Waals surface area contributed by atoms with Crippen LogP contribution in [0.5, 0.6) is 0 Å². The Kier molecular flexibility index (Phi) is 2.33. The molecule has 2 rings (SSSR count). The van der Waals surface area contributed by atoms with E-state index in [0.717, 1.165) is 22.8 Å². The molecule has 0 aliphatic carbocycles. The van der Waals surface area contributed by atoms with Crippen LogP contribution >= 0.6 is 0 Å². The second-order valence-electron chi connectivity index (χ2n) is 3.09. The quantitative estimate of drug-likeness (QED) is 0.750. The Morgan fingerprint density at radius 2 is 2.21 bits per heavy atom. The van der Waals surface area contributed by atoms with Gasteiger partial charge in [0.05, 0.1) is 12.3 Å². The predicted molar refractivity (Wildman–Crippen MR) is 54.1 cm³/mol. The van der Waals surface area contributed by atoms with Gasteiger partial charge in [-0.3, -0.25) is 0 Å². The molecule has 1 aromatic heterocycles. The summed E-state index contributed by atoms with van der Waals surface area (Å²) in [7, 11) is 1.75. The minimum atomic E-state index is -0.293. The normalized spacial score (nSPS) is 12.9. The zero-order chi connectivity index (χ0) is 9.97. The number of furan rings is 1. The zero-order valence-electron chi connectivity index (χ0n) is 7.86. The van der Waals surface area contributed by atoms with Crippen LogP contribution in [0.1, 0.15) is 11.6 Å². The van der Waals surface area contributed by atoms with E-state index < -0.39 is 0 Å². The van der Waals surface area contributed by atoms with Gasteiger partial charge in [0.2, 0.25) is 0 Å². The first-order chi connectivity index (χ1) is 6.86. The minimum absolute atomic E-state index is 0.293. The standard InChI is InChI=1S/C11H11NO2/c1-12-10(6-13)9-7-14-11-5-3-2-4-8(9)11/h2-7,10,12H,1H3. The van der Waals surface area contributed by atoms with Crippen LogP contribution in [0.4, 0.5) is 0 Å². The Morgan fingerprint density at radius 3 is 2.93 bits per heavy atom. The van der Waals surface area contributed by atoms with Crippen LogP contribution < -0.4 is 5.32 Å². The molecule has 1 heterocycles. The van der Waals surface area contributed by atoms with Crippen molar-refractivity contribution in [2.24, 2.45) is 0 Å². The molecule has 1 atom stereocenters. The van der Waals surface area contributed by atoms with Crippen molar-refractivity contribution in [3.05, 3.63) is 36.1 Å². The largest absolute Gasteiger partial charge is 0.464 e. The maximum absolute atomic E-state index is 10.8. The molecule has 0 amide bonds. The van der Waals surface area contributed by atoms with Crippen LogP contribution in [-0.4, -0.2) is 13.3 Å². The van der Waals surface area contributed by atoms with Gasteiger partial charge in [0.15, 0.2) is 0 Å². The number of hydrogen-bond donors (Lipinski definition) is 1. The number of likely N-dealkylation sites (N-methyl/N-ethyl adjacent to an activating group) is 1. The van der Waals surface area contributed by atoms with Crippen LogP contribution in [0.2, 0.25) is 0 Å². The highest BCUT2D eigenvalue weighted by Crippen LogP contribution is 2.24. The van der Waals surface area contributed by atoms with Crippen molar-refractivity contribution in [3.63, 3.8) is 0 Å². The number of hydrogen-bond acceptors (Lipinski definition) is 3. The average Bonchev–Trinajstić information content (AvgIpc) is 2.65. The van der Waals surface area contributed by atoms with Gasteiger partial charge in [-0.2, -0.15) is 0 Å². The zero-order valence-corrected chi connectivity index (χ0v) is 7.86. The molecule has 0 aliphatic heterocycles. The number of rotatable bonds is 3. The van der Waals surface area contributed by atoms with E-state index in [1.807, 2.05) is 24.3 Å². The minimum Gasteiger partial charge on any atom is -0.464 e. The molecule has 0 spiro atoms. The summed E-state index contributed by atoms with van der Waals surface area (Å²) in [5.41, 5.74) is 1.70. The summed E-state index contributed by atoms with van der Waals surface area (Å²) in [6.45, 7) is 0. The lowest BCUT2D eigenvalue weighted by molar-refractivity contribution is -0.109. The highest BCUT2D eigenvalue weighted by Gasteiger charge is 2.13. The first kappa shape index (κ1) is 8.97. The van der Waals surface area contributed by atoms with Gasteiger partial charge in [-0.15, -0.1) is 0 Å². The van der Waals surface area contributed by atoms with Crippen LogP contribution in [0, 0.1) is 0 Å². The Balaban J connectivity index is 2.57. The van der Waals surface area contributed by atoms with Gasteiger partial charge in [-0.1, -0.05) is 18.2 Å². The van der Waals surface area contributed by atoms with E-state index in [1.54, 1.807) is 13.3 Å². The third-order valence-electron chi connectivity index (χ3n) is 2.29. The molecule has 1 aromatic carbocycles. The molecule has 0 radical (unpaired) electrons. The molecule has 1 N–H and O–H groups in total. The Bertz CT molecular complexity index is 447. The second kappa shape index (κ2) is 3.64. The number of carbonyl (C=O) groups excluding carboxylic acids is 1. The lowest BCUT2D eigenvalue weighted by atomic mass is 10.1. The van der Waals surface area contributed by atoms with Crippen molar-refractivity contribution >= 4 is 17.3 Å². The summed E-state index contributed by atoms with van der Waals surface area (Å²) < 4.78 is 5.33. The molecule has 3 nitrogen and oxygen atoms in total. The Labute approximate surface area is 81.7 Å². The fourth-order valence-corrected chi connectivity index (χ4v) is 1.54. The summed E-state index contributed by atoms with van der Waals surface area (Å²) in [6.07, 6.45) is 2.50. The van der Waals surface area contributed by atoms with Gasteiger partial charge in [0.1, 0.15) is 11.9 Å². The molecule has 14 heavy (non-hydrogen) atoms. The van der Waals surface area contributed by atoms with E-state index in [9.17, 15) is 4.79 Å². The molecule has 0 fully saturated rings. The van der Waals surface area contributed by atoms with Crippen molar-refractivity contribution < 1.29 is 9.21 Å². The summed E-state index contributed by atoms with van der Waals surface area (Å²) in [5.74, 6) is 0. The van der Waals surface area contributed by atoms with E-state index in [0.29, 0.717) is 0 Å². The smallest absolute Gasteiger partial charge is 0.141 e. The van der Waals surface area contributed by atoms with E-state index in [-0.39, 0.29) is 6.04 Å². The first-order valence-corrected chi connectivity index (χ1v) is 4.45. The lowest BCUT2D eigenvalue weighted by Crippen LogP contribution is -2.16. The molecule has 0 aliphatic rings. The van der Waals surface area contributed by atoms with Crippen molar-refractivity contribution in [1.82, 2.24) is 5.32 Å². The molecule has 2 aromatic rings. The Morgan fingerprint density at radius 1 is 1.43 bits per heavy atom. The number of carbonyl (C=O) groups is 1. The van der Waals surface area contributed by atoms with Crippen molar-refractivity contribution in [2.45, 2.75) is 6.04 Å². The van der Waals surface area contributed by atoms with Gasteiger partial charge in [0, 0.05) is 10.9 Å². The second-order valence-corrected chi connectivity index (χ2v) is 3.09. The van der Waals surface area contributed by atoms with Crippen LogP contribution in [0.3, 0.4) is 0 Å². The fourth-order valence-electron chi connectivity index (χ4n) is 1.54. The summed E-state index contributed by atoms with van der Waals surface area (Å²) in [5, 5.41) is 3.90. The van der Waals surface area contributed by atoms with Crippen LogP contribution in [-0.2, 0) is 4.79 Å². The molecule has 3 heteroatoms. The molecular formula is C11H11NO2. The third-order valence-corrected chi connectivity index (χ3v) is 2.29. The van der Waals surface area contributed by atoms with E-state index in [4.69, 9.17) is 4.42 Å². The summed E-state index contributed by atoms with van der Waals surface area (Å²) in [6, 6.07) is 7.38. The molecule has 0 saturated carbocycles. The number of aldehydes is 1. The summed E-state index contributed by atoms with van der Waals surface area (Å²) >= 11 is 0. The monoisotopic (exact) mass is 189 g/mol. The van der Waals surface area contributed by atoms with Gasteiger partial charge in [0.25, 0.3) is 0 Å². The van der Waals surface area contributed by atoms with Gasteiger partial charge in [-0.05, 0) is 13.1 Å². The fraction of sp³-hybridized carbons (Fsp3) is 0.182. The van der Waals surface area contributed by atoms with E-state index in [2.05, 4.69) is 5.32 Å². The van der Waals surface area contributed by atoms with Crippen LogP contribution in [0.15, 0.2) is 34.9 Å². The Hall–Kier alpha value is -1.61. The van der Waals surface area contributed by atoms with Crippen molar-refractivity contribution in [2.75, 3.05) is 7.05 Å². The van der Waals surface area contributed by atoms with Gasteiger partial charge >= 0.3 is 0 Å².